The van der Waals surface area contributed by atoms with Crippen molar-refractivity contribution in [3.05, 3.63) is 0 Å². The van der Waals surface area contributed by atoms with E-state index in [-0.39, 0.29) is 0 Å². The number of nitrogens with one attached hydrogen (secondary N) is 1. The van der Waals surface area contributed by atoms with E-state index in [0.29, 0.717) is 0 Å². The second-order valence-electron chi connectivity index (χ2n) is 6.96. The standard InChI is InChI=1S/C16H33N3/c1-14(2)16(19-8-4-5-9-19)13-17-12-15-6-10-18(3)11-7-15/h14-17H,4-13H2,1-3H3. The summed E-state index contributed by atoms with van der Waals surface area (Å²) < 4.78 is 0. The normalized spacial score (nSPS) is 25.3. The minimum atomic E-state index is 0.744. The maximum atomic E-state index is 3.77. The second-order valence-corrected chi connectivity index (χ2v) is 6.96. The van der Waals surface area contributed by atoms with Gasteiger partial charge in [0, 0.05) is 12.6 Å². The lowest BCUT2D eigenvalue weighted by atomic mass is 9.96. The van der Waals surface area contributed by atoms with Crippen molar-refractivity contribution in [3.63, 3.8) is 0 Å². The fourth-order valence-electron chi connectivity index (χ4n) is 3.56. The molecule has 3 heteroatoms. The first-order valence-electron chi connectivity index (χ1n) is 8.30. The average molecular weight is 267 g/mol. The summed E-state index contributed by atoms with van der Waals surface area (Å²) >= 11 is 0. The summed E-state index contributed by atoms with van der Waals surface area (Å²) in [6.07, 6.45) is 5.55. The minimum absolute atomic E-state index is 0.744. The van der Waals surface area contributed by atoms with Crippen LogP contribution >= 0.6 is 0 Å². The molecule has 2 saturated heterocycles. The smallest absolute Gasteiger partial charge is 0.0243 e. The highest BCUT2D eigenvalue weighted by Gasteiger charge is 2.24. The SMILES string of the molecule is CC(C)C(CNCC1CCN(C)CC1)N1CCCC1. The lowest BCUT2D eigenvalue weighted by Crippen LogP contribution is -2.45. The van der Waals surface area contributed by atoms with Crippen LogP contribution in [-0.4, -0.2) is 62.2 Å². The van der Waals surface area contributed by atoms with Gasteiger partial charge in [-0.05, 0) is 77.3 Å². The molecule has 0 saturated carbocycles. The first-order chi connectivity index (χ1) is 9.16. The number of rotatable bonds is 6. The van der Waals surface area contributed by atoms with Crippen LogP contribution < -0.4 is 5.32 Å². The lowest BCUT2D eigenvalue weighted by molar-refractivity contribution is 0.176. The zero-order valence-electron chi connectivity index (χ0n) is 13.2. The summed E-state index contributed by atoms with van der Waals surface area (Å²) in [5.41, 5.74) is 0. The number of piperidine rings is 1. The molecule has 1 N–H and O–H groups in total. The fraction of sp³-hybridized carbons (Fsp3) is 1.00. The molecule has 0 spiro atoms. The molecule has 2 rings (SSSR count). The highest BCUT2D eigenvalue weighted by atomic mass is 15.2. The zero-order chi connectivity index (χ0) is 13.7. The molecule has 0 aliphatic carbocycles. The first-order valence-corrected chi connectivity index (χ1v) is 8.30. The molecule has 2 aliphatic rings. The van der Waals surface area contributed by atoms with E-state index in [0.717, 1.165) is 17.9 Å². The summed E-state index contributed by atoms with van der Waals surface area (Å²) in [6.45, 7) is 12.4. The van der Waals surface area contributed by atoms with E-state index < -0.39 is 0 Å². The molecule has 2 aliphatic heterocycles. The largest absolute Gasteiger partial charge is 0.315 e. The summed E-state index contributed by atoms with van der Waals surface area (Å²) in [5, 5.41) is 3.77. The molecule has 0 amide bonds. The van der Waals surface area contributed by atoms with Crippen molar-refractivity contribution in [3.8, 4) is 0 Å². The summed E-state index contributed by atoms with van der Waals surface area (Å²) in [6, 6.07) is 0.744. The summed E-state index contributed by atoms with van der Waals surface area (Å²) in [5.74, 6) is 1.67. The van der Waals surface area contributed by atoms with Crippen LogP contribution in [-0.2, 0) is 0 Å². The fourth-order valence-corrected chi connectivity index (χ4v) is 3.56. The van der Waals surface area contributed by atoms with Gasteiger partial charge in [-0.3, -0.25) is 4.90 Å². The number of nitrogens with zero attached hydrogens (tertiary/aromatic N) is 2. The summed E-state index contributed by atoms with van der Waals surface area (Å²) in [4.78, 5) is 5.16. The van der Waals surface area contributed by atoms with E-state index >= 15 is 0 Å². The van der Waals surface area contributed by atoms with Crippen LogP contribution in [0.25, 0.3) is 0 Å². The van der Waals surface area contributed by atoms with Crippen molar-refractivity contribution in [1.29, 1.82) is 0 Å². The minimum Gasteiger partial charge on any atom is -0.315 e. The van der Waals surface area contributed by atoms with E-state index in [4.69, 9.17) is 0 Å². The van der Waals surface area contributed by atoms with Gasteiger partial charge in [0.1, 0.15) is 0 Å². The van der Waals surface area contributed by atoms with Gasteiger partial charge in [-0.1, -0.05) is 13.8 Å². The van der Waals surface area contributed by atoms with Crippen molar-refractivity contribution in [2.75, 3.05) is 46.3 Å². The van der Waals surface area contributed by atoms with E-state index in [9.17, 15) is 0 Å². The number of hydrogen-bond donors (Lipinski definition) is 1. The molecule has 0 aromatic carbocycles. The molecule has 0 bridgehead atoms. The maximum absolute atomic E-state index is 3.77. The van der Waals surface area contributed by atoms with Gasteiger partial charge < -0.3 is 10.2 Å². The average Bonchev–Trinajstić information content (AvgIpc) is 2.90. The molecule has 3 nitrogen and oxygen atoms in total. The highest BCUT2D eigenvalue weighted by molar-refractivity contribution is 4.81. The van der Waals surface area contributed by atoms with Gasteiger partial charge in [-0.25, -0.2) is 0 Å². The Morgan fingerprint density at radius 2 is 1.68 bits per heavy atom. The van der Waals surface area contributed by atoms with Gasteiger partial charge in [0.15, 0.2) is 0 Å². The van der Waals surface area contributed by atoms with Crippen LogP contribution in [0.2, 0.25) is 0 Å². The van der Waals surface area contributed by atoms with E-state index in [1.54, 1.807) is 0 Å². The monoisotopic (exact) mass is 267 g/mol. The predicted octanol–water partition coefficient (Wildman–Crippen LogP) is 2.04. The van der Waals surface area contributed by atoms with Gasteiger partial charge in [-0.2, -0.15) is 0 Å². The third-order valence-electron chi connectivity index (χ3n) is 5.00. The second kappa shape index (κ2) is 7.61. The quantitative estimate of drug-likeness (QED) is 0.794. The molecule has 0 aromatic rings. The molecule has 0 aromatic heterocycles. The Labute approximate surface area is 119 Å². The zero-order valence-corrected chi connectivity index (χ0v) is 13.2. The predicted molar refractivity (Wildman–Crippen MR) is 82.5 cm³/mol. The lowest BCUT2D eigenvalue weighted by Gasteiger charge is -2.33. The van der Waals surface area contributed by atoms with E-state index in [1.807, 2.05) is 0 Å². The van der Waals surface area contributed by atoms with Crippen molar-refractivity contribution in [2.24, 2.45) is 11.8 Å². The number of likely N-dealkylation sites (tertiary alicyclic amines) is 2. The molecule has 112 valence electrons. The Bertz CT molecular complexity index is 240. The molecule has 0 radical (unpaired) electrons. The van der Waals surface area contributed by atoms with Crippen molar-refractivity contribution in [1.82, 2.24) is 15.1 Å². The van der Waals surface area contributed by atoms with Crippen molar-refractivity contribution < 1.29 is 0 Å². The first kappa shape index (κ1) is 15.3. The highest BCUT2D eigenvalue weighted by Crippen LogP contribution is 2.18. The van der Waals surface area contributed by atoms with Gasteiger partial charge in [0.2, 0.25) is 0 Å². The van der Waals surface area contributed by atoms with Crippen molar-refractivity contribution >= 4 is 0 Å². The molecule has 19 heavy (non-hydrogen) atoms. The third kappa shape index (κ3) is 4.73. The van der Waals surface area contributed by atoms with Crippen LogP contribution in [0, 0.1) is 11.8 Å². The van der Waals surface area contributed by atoms with E-state index in [1.165, 1.54) is 65.0 Å². The maximum Gasteiger partial charge on any atom is 0.0243 e. The van der Waals surface area contributed by atoms with Crippen molar-refractivity contribution in [2.45, 2.75) is 45.6 Å². The van der Waals surface area contributed by atoms with Crippen LogP contribution in [0.4, 0.5) is 0 Å². The van der Waals surface area contributed by atoms with Crippen LogP contribution in [0.5, 0.6) is 0 Å². The molecule has 1 unspecified atom stereocenters. The molecular weight excluding hydrogens is 234 g/mol. The number of hydrogen-bond acceptors (Lipinski definition) is 3. The summed E-state index contributed by atoms with van der Waals surface area (Å²) in [7, 11) is 2.24. The van der Waals surface area contributed by atoms with E-state index in [2.05, 4.69) is 36.0 Å². The Morgan fingerprint density at radius 1 is 1.05 bits per heavy atom. The van der Waals surface area contributed by atoms with Gasteiger partial charge >= 0.3 is 0 Å². The van der Waals surface area contributed by atoms with Crippen LogP contribution in [0.3, 0.4) is 0 Å². The van der Waals surface area contributed by atoms with Gasteiger partial charge in [0.25, 0.3) is 0 Å². The van der Waals surface area contributed by atoms with Gasteiger partial charge in [0.05, 0.1) is 0 Å². The molecule has 2 heterocycles. The molecule has 2 fully saturated rings. The third-order valence-corrected chi connectivity index (χ3v) is 5.00. The van der Waals surface area contributed by atoms with Crippen LogP contribution in [0.1, 0.15) is 39.5 Å². The Hall–Kier alpha value is -0.120. The Kier molecular flexibility index (Phi) is 6.11. The van der Waals surface area contributed by atoms with Crippen LogP contribution in [0.15, 0.2) is 0 Å². The Balaban J connectivity index is 1.67. The topological polar surface area (TPSA) is 18.5 Å². The molecule has 1 atom stereocenters. The van der Waals surface area contributed by atoms with Gasteiger partial charge in [-0.15, -0.1) is 0 Å². The molecular formula is C16H33N3. The Morgan fingerprint density at radius 3 is 2.26 bits per heavy atom.